The molecule has 1 heterocycles. The topological polar surface area (TPSA) is 28.7 Å². The van der Waals surface area contributed by atoms with Gasteiger partial charge in [-0.3, -0.25) is 0 Å². The Balaban J connectivity index is 2.27. The number of nitrogens with one attached hydrogen (secondary N) is 1. The molecule has 0 amide bonds. The van der Waals surface area contributed by atoms with E-state index in [0.29, 0.717) is 16.5 Å². The molecule has 0 aliphatic rings. The van der Waals surface area contributed by atoms with E-state index < -0.39 is 0 Å². The number of aryl methyl sites for hydroxylation is 2. The van der Waals surface area contributed by atoms with Crippen LogP contribution in [0.5, 0.6) is 0 Å². The number of hydrogen-bond acceptors (Lipinski definition) is 1. The van der Waals surface area contributed by atoms with Crippen molar-refractivity contribution in [3.8, 4) is 0 Å². The molecule has 16 heavy (non-hydrogen) atoms. The van der Waals surface area contributed by atoms with Gasteiger partial charge >= 0.3 is 0 Å². The molecule has 0 aliphatic carbocycles. The van der Waals surface area contributed by atoms with Crippen LogP contribution in [-0.2, 0) is 6.42 Å². The number of benzene rings is 1. The van der Waals surface area contributed by atoms with Crippen LogP contribution in [0.25, 0.3) is 0 Å². The van der Waals surface area contributed by atoms with E-state index in [2.05, 4.69) is 9.97 Å². The van der Waals surface area contributed by atoms with Gasteiger partial charge in [0.1, 0.15) is 5.82 Å². The summed E-state index contributed by atoms with van der Waals surface area (Å²) < 4.78 is 0. The molecule has 84 valence electrons. The summed E-state index contributed by atoms with van der Waals surface area (Å²) in [6, 6.07) is 5.52. The van der Waals surface area contributed by atoms with Gasteiger partial charge in [0.15, 0.2) is 0 Å². The molecule has 4 heteroatoms. The molecule has 0 bridgehead atoms. The highest BCUT2D eigenvalue weighted by molar-refractivity contribution is 6.35. The van der Waals surface area contributed by atoms with E-state index in [-0.39, 0.29) is 0 Å². The fourth-order valence-corrected chi connectivity index (χ4v) is 2.03. The minimum absolute atomic E-state index is 0.653. The van der Waals surface area contributed by atoms with Gasteiger partial charge in [-0.05, 0) is 31.5 Å². The van der Waals surface area contributed by atoms with Crippen molar-refractivity contribution in [1.82, 2.24) is 9.97 Å². The van der Waals surface area contributed by atoms with Crippen molar-refractivity contribution in [1.29, 1.82) is 0 Å². The molecule has 2 aromatic rings. The molecule has 0 saturated carbocycles. The SMILES string of the molecule is Cc1nc(Cc2ccc(Cl)cc2Cl)[nH]c1C. The first kappa shape index (κ1) is 11.5. The molecule has 1 N–H and O–H groups in total. The predicted octanol–water partition coefficient (Wildman–Crippen LogP) is 3.92. The zero-order chi connectivity index (χ0) is 11.7. The van der Waals surface area contributed by atoms with Gasteiger partial charge in [0.05, 0.1) is 5.69 Å². The highest BCUT2D eigenvalue weighted by Gasteiger charge is 2.06. The van der Waals surface area contributed by atoms with Crippen LogP contribution in [0.1, 0.15) is 22.8 Å². The Hall–Kier alpha value is -0.990. The van der Waals surface area contributed by atoms with Crippen LogP contribution in [0, 0.1) is 13.8 Å². The maximum atomic E-state index is 6.10. The third kappa shape index (κ3) is 2.39. The molecule has 0 spiro atoms. The molecular formula is C12H12Cl2N2. The minimum Gasteiger partial charge on any atom is -0.346 e. The number of halogens is 2. The summed E-state index contributed by atoms with van der Waals surface area (Å²) in [7, 11) is 0. The lowest BCUT2D eigenvalue weighted by atomic mass is 10.1. The highest BCUT2D eigenvalue weighted by atomic mass is 35.5. The zero-order valence-electron chi connectivity index (χ0n) is 9.14. The number of rotatable bonds is 2. The van der Waals surface area contributed by atoms with Crippen molar-refractivity contribution in [3.63, 3.8) is 0 Å². The van der Waals surface area contributed by atoms with Crippen LogP contribution < -0.4 is 0 Å². The van der Waals surface area contributed by atoms with Gasteiger partial charge in [0.2, 0.25) is 0 Å². The number of nitrogens with zero attached hydrogens (tertiary/aromatic N) is 1. The van der Waals surface area contributed by atoms with Gasteiger partial charge in [-0.15, -0.1) is 0 Å². The summed E-state index contributed by atoms with van der Waals surface area (Å²) in [4.78, 5) is 7.65. The third-order valence-corrected chi connectivity index (χ3v) is 3.14. The third-order valence-electron chi connectivity index (χ3n) is 2.55. The van der Waals surface area contributed by atoms with Gasteiger partial charge in [-0.25, -0.2) is 4.98 Å². The number of aromatic nitrogens is 2. The lowest BCUT2D eigenvalue weighted by Crippen LogP contribution is -1.92. The lowest BCUT2D eigenvalue weighted by Gasteiger charge is -2.02. The maximum absolute atomic E-state index is 6.10. The summed E-state index contributed by atoms with van der Waals surface area (Å²) in [6.07, 6.45) is 0.699. The Labute approximate surface area is 105 Å². The van der Waals surface area contributed by atoms with Crippen molar-refractivity contribution in [2.45, 2.75) is 20.3 Å². The Kier molecular flexibility index (Phi) is 3.22. The minimum atomic E-state index is 0.653. The predicted molar refractivity (Wildman–Crippen MR) is 67.3 cm³/mol. The lowest BCUT2D eigenvalue weighted by molar-refractivity contribution is 1.01. The largest absolute Gasteiger partial charge is 0.346 e. The molecule has 0 fully saturated rings. The first-order chi connectivity index (χ1) is 7.56. The molecule has 0 unspecified atom stereocenters. The smallest absolute Gasteiger partial charge is 0.111 e. The second kappa shape index (κ2) is 4.48. The molecule has 0 atom stereocenters. The van der Waals surface area contributed by atoms with Crippen molar-refractivity contribution in [3.05, 3.63) is 51.0 Å². The Morgan fingerprint density at radius 3 is 2.56 bits per heavy atom. The number of hydrogen-bond donors (Lipinski definition) is 1. The normalized spacial score (nSPS) is 10.8. The van der Waals surface area contributed by atoms with Gasteiger partial charge in [-0.1, -0.05) is 29.3 Å². The Morgan fingerprint density at radius 2 is 2.00 bits per heavy atom. The standard InChI is InChI=1S/C12H12Cl2N2/c1-7-8(2)16-12(15-7)5-9-3-4-10(13)6-11(9)14/h3-4,6H,5H2,1-2H3,(H,15,16). The fourth-order valence-electron chi connectivity index (χ4n) is 1.55. The Bertz CT molecular complexity index is 498. The van der Waals surface area contributed by atoms with Gasteiger partial charge in [0.25, 0.3) is 0 Å². The molecule has 0 radical (unpaired) electrons. The molecule has 0 saturated heterocycles. The first-order valence-corrected chi connectivity index (χ1v) is 5.78. The molecule has 2 nitrogen and oxygen atoms in total. The van der Waals surface area contributed by atoms with Crippen LogP contribution in [0.2, 0.25) is 10.0 Å². The number of imidazole rings is 1. The first-order valence-electron chi connectivity index (χ1n) is 5.02. The highest BCUT2D eigenvalue weighted by Crippen LogP contribution is 2.22. The van der Waals surface area contributed by atoms with E-state index in [1.54, 1.807) is 6.07 Å². The van der Waals surface area contributed by atoms with E-state index in [0.717, 1.165) is 22.8 Å². The number of aromatic amines is 1. The van der Waals surface area contributed by atoms with Crippen molar-refractivity contribution in [2.75, 3.05) is 0 Å². The van der Waals surface area contributed by atoms with Crippen LogP contribution in [0.3, 0.4) is 0 Å². The summed E-state index contributed by atoms with van der Waals surface area (Å²) in [5.74, 6) is 0.930. The van der Waals surface area contributed by atoms with Gasteiger partial charge in [0, 0.05) is 22.2 Å². The average Bonchev–Trinajstić information content (AvgIpc) is 2.51. The average molecular weight is 255 g/mol. The summed E-state index contributed by atoms with van der Waals surface area (Å²) in [5.41, 5.74) is 3.15. The van der Waals surface area contributed by atoms with E-state index in [1.807, 2.05) is 26.0 Å². The van der Waals surface area contributed by atoms with Crippen molar-refractivity contribution >= 4 is 23.2 Å². The maximum Gasteiger partial charge on any atom is 0.111 e. The van der Waals surface area contributed by atoms with Crippen LogP contribution in [0.4, 0.5) is 0 Å². The van der Waals surface area contributed by atoms with E-state index in [4.69, 9.17) is 23.2 Å². The van der Waals surface area contributed by atoms with Crippen molar-refractivity contribution < 1.29 is 0 Å². The molecule has 1 aromatic heterocycles. The van der Waals surface area contributed by atoms with Crippen LogP contribution >= 0.6 is 23.2 Å². The monoisotopic (exact) mass is 254 g/mol. The summed E-state index contributed by atoms with van der Waals surface area (Å²) in [5, 5.41) is 1.33. The van der Waals surface area contributed by atoms with Crippen LogP contribution in [-0.4, -0.2) is 9.97 Å². The Morgan fingerprint density at radius 1 is 1.25 bits per heavy atom. The molecular weight excluding hydrogens is 243 g/mol. The fraction of sp³-hybridized carbons (Fsp3) is 0.250. The second-order valence-electron chi connectivity index (χ2n) is 3.81. The van der Waals surface area contributed by atoms with E-state index in [9.17, 15) is 0 Å². The second-order valence-corrected chi connectivity index (χ2v) is 4.65. The molecule has 2 rings (SSSR count). The van der Waals surface area contributed by atoms with Crippen molar-refractivity contribution in [2.24, 2.45) is 0 Å². The van der Waals surface area contributed by atoms with Crippen LogP contribution in [0.15, 0.2) is 18.2 Å². The molecule has 0 aliphatic heterocycles. The van der Waals surface area contributed by atoms with Gasteiger partial charge in [-0.2, -0.15) is 0 Å². The zero-order valence-corrected chi connectivity index (χ0v) is 10.7. The van der Waals surface area contributed by atoms with E-state index >= 15 is 0 Å². The van der Waals surface area contributed by atoms with Gasteiger partial charge < -0.3 is 4.98 Å². The van der Waals surface area contributed by atoms with E-state index in [1.165, 1.54) is 0 Å². The number of H-pyrrole nitrogens is 1. The summed E-state index contributed by atoms with van der Waals surface area (Å²) >= 11 is 11.9. The quantitative estimate of drug-likeness (QED) is 0.865. The summed E-state index contributed by atoms with van der Waals surface area (Å²) in [6.45, 7) is 3.99. The molecule has 1 aromatic carbocycles.